The molecule has 1 aliphatic heterocycles. The number of hydrogen-bond donors (Lipinski definition) is 1. The lowest BCUT2D eigenvalue weighted by molar-refractivity contribution is 0.134. The van der Waals surface area contributed by atoms with E-state index in [1.165, 1.54) is 30.4 Å². The van der Waals surface area contributed by atoms with Crippen molar-refractivity contribution < 1.29 is 9.15 Å². The van der Waals surface area contributed by atoms with Gasteiger partial charge in [-0.05, 0) is 30.0 Å². The van der Waals surface area contributed by atoms with Crippen LogP contribution in [0, 0.1) is 0 Å². The Labute approximate surface area is 111 Å². The summed E-state index contributed by atoms with van der Waals surface area (Å²) in [5.41, 5.74) is 4.62. The Kier molecular flexibility index (Phi) is 2.64. The minimum atomic E-state index is 0.679. The first-order valence-corrected chi connectivity index (χ1v) is 6.76. The Morgan fingerprint density at radius 1 is 1.21 bits per heavy atom. The van der Waals surface area contributed by atoms with Crippen molar-refractivity contribution in [2.24, 2.45) is 0 Å². The Hall–Kier alpha value is -1.65. The van der Waals surface area contributed by atoms with Crippen LogP contribution in [0.15, 0.2) is 29.0 Å². The molecule has 0 saturated heterocycles. The van der Waals surface area contributed by atoms with Crippen LogP contribution >= 0.6 is 0 Å². The van der Waals surface area contributed by atoms with Gasteiger partial charge < -0.3 is 14.5 Å². The molecule has 2 aliphatic rings. The van der Waals surface area contributed by atoms with Crippen molar-refractivity contribution in [1.82, 2.24) is 10.3 Å². The molecule has 1 aliphatic carbocycles. The van der Waals surface area contributed by atoms with E-state index < -0.39 is 0 Å². The van der Waals surface area contributed by atoms with Crippen molar-refractivity contribution >= 4 is 0 Å². The van der Waals surface area contributed by atoms with E-state index in [-0.39, 0.29) is 0 Å². The van der Waals surface area contributed by atoms with E-state index >= 15 is 0 Å². The van der Waals surface area contributed by atoms with Gasteiger partial charge in [-0.2, -0.15) is 0 Å². The number of oxazole rings is 1. The molecular weight excluding hydrogens is 240 g/mol. The predicted molar refractivity (Wildman–Crippen MR) is 70.3 cm³/mol. The highest BCUT2D eigenvalue weighted by molar-refractivity contribution is 5.61. The number of rotatable bonds is 4. The second kappa shape index (κ2) is 4.47. The summed E-state index contributed by atoms with van der Waals surface area (Å²) in [6.45, 7) is 2.21. The Morgan fingerprint density at radius 3 is 3.00 bits per heavy atom. The SMILES string of the molecule is c1nc(CNC2CC2)c(-c2ccc3c(c2)COC3)o1. The molecule has 2 heterocycles. The van der Waals surface area contributed by atoms with Crippen LogP contribution in [0.25, 0.3) is 11.3 Å². The molecule has 1 aromatic carbocycles. The summed E-state index contributed by atoms with van der Waals surface area (Å²) in [5.74, 6) is 0.878. The van der Waals surface area contributed by atoms with Crippen LogP contribution in [0.3, 0.4) is 0 Å². The average Bonchev–Trinajstić information content (AvgIpc) is 2.97. The molecule has 4 rings (SSSR count). The molecule has 0 bridgehead atoms. The summed E-state index contributed by atoms with van der Waals surface area (Å²) < 4.78 is 11.0. The highest BCUT2D eigenvalue weighted by Gasteiger charge is 2.22. The minimum absolute atomic E-state index is 0.679. The lowest BCUT2D eigenvalue weighted by atomic mass is 10.0. The van der Waals surface area contributed by atoms with Crippen LogP contribution in [-0.2, 0) is 24.5 Å². The van der Waals surface area contributed by atoms with Gasteiger partial charge in [0.2, 0.25) is 0 Å². The van der Waals surface area contributed by atoms with Gasteiger partial charge in [-0.3, -0.25) is 0 Å². The van der Waals surface area contributed by atoms with E-state index in [0.29, 0.717) is 12.6 Å². The standard InChI is InChI=1S/C15H16N2O2/c1-2-11-7-18-8-12(11)5-10(1)15-14(17-9-19-15)6-16-13-3-4-13/h1-2,5,9,13,16H,3-4,6-8H2. The second-order valence-electron chi connectivity index (χ2n) is 5.26. The van der Waals surface area contributed by atoms with Gasteiger partial charge in [0.25, 0.3) is 0 Å². The van der Waals surface area contributed by atoms with Gasteiger partial charge in [-0.1, -0.05) is 12.1 Å². The number of nitrogens with one attached hydrogen (secondary N) is 1. The fourth-order valence-electron chi connectivity index (χ4n) is 2.47. The van der Waals surface area contributed by atoms with Crippen LogP contribution in [0.1, 0.15) is 29.7 Å². The molecule has 4 heteroatoms. The second-order valence-corrected chi connectivity index (χ2v) is 5.26. The van der Waals surface area contributed by atoms with Gasteiger partial charge in [-0.15, -0.1) is 0 Å². The molecule has 1 aromatic heterocycles. The van der Waals surface area contributed by atoms with Crippen LogP contribution in [0.2, 0.25) is 0 Å². The maximum absolute atomic E-state index is 5.57. The molecule has 0 atom stereocenters. The van der Waals surface area contributed by atoms with Crippen LogP contribution in [-0.4, -0.2) is 11.0 Å². The van der Waals surface area contributed by atoms with Crippen molar-refractivity contribution in [2.45, 2.75) is 38.6 Å². The first-order valence-electron chi connectivity index (χ1n) is 6.76. The maximum Gasteiger partial charge on any atom is 0.181 e. The fourth-order valence-corrected chi connectivity index (χ4v) is 2.47. The van der Waals surface area contributed by atoms with E-state index in [1.807, 2.05) is 0 Å². The molecule has 4 nitrogen and oxygen atoms in total. The van der Waals surface area contributed by atoms with Gasteiger partial charge in [0.05, 0.1) is 13.2 Å². The Bertz CT molecular complexity index is 602. The zero-order valence-corrected chi connectivity index (χ0v) is 10.7. The first-order chi connectivity index (χ1) is 9.40. The van der Waals surface area contributed by atoms with Crippen LogP contribution < -0.4 is 5.32 Å². The van der Waals surface area contributed by atoms with Crippen molar-refractivity contribution in [3.63, 3.8) is 0 Å². The van der Waals surface area contributed by atoms with Crippen molar-refractivity contribution in [1.29, 1.82) is 0 Å². The van der Waals surface area contributed by atoms with Gasteiger partial charge in [-0.25, -0.2) is 4.98 Å². The van der Waals surface area contributed by atoms with Crippen LogP contribution in [0.4, 0.5) is 0 Å². The third-order valence-corrected chi connectivity index (χ3v) is 3.76. The molecule has 1 fully saturated rings. The molecule has 0 amide bonds. The van der Waals surface area contributed by atoms with Crippen LogP contribution in [0.5, 0.6) is 0 Å². The zero-order chi connectivity index (χ0) is 12.7. The predicted octanol–water partition coefficient (Wildman–Crippen LogP) is 2.62. The lowest BCUT2D eigenvalue weighted by Gasteiger charge is -2.04. The molecule has 0 unspecified atom stereocenters. The van der Waals surface area contributed by atoms with Gasteiger partial charge in [0, 0.05) is 18.2 Å². The minimum Gasteiger partial charge on any atom is -0.443 e. The normalized spacial score (nSPS) is 17.7. The van der Waals surface area contributed by atoms with Crippen molar-refractivity contribution in [2.75, 3.05) is 0 Å². The Balaban J connectivity index is 1.62. The molecule has 1 saturated carbocycles. The summed E-state index contributed by atoms with van der Waals surface area (Å²) in [6, 6.07) is 7.05. The molecule has 98 valence electrons. The zero-order valence-electron chi connectivity index (χ0n) is 10.7. The van der Waals surface area contributed by atoms with E-state index in [2.05, 4.69) is 28.5 Å². The van der Waals surface area contributed by atoms with Gasteiger partial charge >= 0.3 is 0 Å². The van der Waals surface area contributed by atoms with Crippen molar-refractivity contribution in [3.8, 4) is 11.3 Å². The maximum atomic E-state index is 5.57. The van der Waals surface area contributed by atoms with Crippen molar-refractivity contribution in [3.05, 3.63) is 41.4 Å². The number of ether oxygens (including phenoxy) is 1. The lowest BCUT2D eigenvalue weighted by Crippen LogP contribution is -2.15. The summed E-state index contributed by atoms with van der Waals surface area (Å²) in [5, 5.41) is 3.47. The molecule has 2 aromatic rings. The average molecular weight is 256 g/mol. The summed E-state index contributed by atoms with van der Waals surface area (Å²) >= 11 is 0. The third kappa shape index (κ3) is 2.17. The Morgan fingerprint density at radius 2 is 2.11 bits per heavy atom. The van der Waals surface area contributed by atoms with Gasteiger partial charge in [0.1, 0.15) is 5.69 Å². The van der Waals surface area contributed by atoms with E-state index in [4.69, 9.17) is 9.15 Å². The highest BCUT2D eigenvalue weighted by atomic mass is 16.5. The molecule has 1 N–H and O–H groups in total. The third-order valence-electron chi connectivity index (χ3n) is 3.76. The quantitative estimate of drug-likeness (QED) is 0.913. The largest absolute Gasteiger partial charge is 0.443 e. The summed E-state index contributed by atoms with van der Waals surface area (Å²) in [7, 11) is 0. The molecule has 19 heavy (non-hydrogen) atoms. The highest BCUT2D eigenvalue weighted by Crippen LogP contribution is 2.29. The topological polar surface area (TPSA) is 47.3 Å². The number of benzene rings is 1. The van der Waals surface area contributed by atoms with E-state index in [0.717, 1.165) is 30.2 Å². The monoisotopic (exact) mass is 256 g/mol. The number of hydrogen-bond acceptors (Lipinski definition) is 4. The van der Waals surface area contributed by atoms with E-state index in [1.54, 1.807) is 0 Å². The smallest absolute Gasteiger partial charge is 0.181 e. The molecule has 0 spiro atoms. The first kappa shape index (κ1) is 11.2. The van der Waals surface area contributed by atoms with E-state index in [9.17, 15) is 0 Å². The summed E-state index contributed by atoms with van der Waals surface area (Å²) in [6.07, 6.45) is 4.09. The number of nitrogens with zero attached hydrogens (tertiary/aromatic N) is 1. The number of fused-ring (bicyclic) bond motifs is 1. The molecule has 0 radical (unpaired) electrons. The fraction of sp³-hybridized carbons (Fsp3) is 0.400. The van der Waals surface area contributed by atoms with Gasteiger partial charge in [0.15, 0.2) is 12.2 Å². The summed E-state index contributed by atoms with van der Waals surface area (Å²) in [4.78, 5) is 4.33. The number of aromatic nitrogens is 1. The molecular formula is C15H16N2O2.